The van der Waals surface area contributed by atoms with Crippen molar-refractivity contribution in [3.05, 3.63) is 63.3 Å². The molecule has 3 aliphatic heterocycles. The molecule has 0 spiro atoms. The topological polar surface area (TPSA) is 37.7 Å². The minimum Gasteiger partial charge on any atom is -0.494 e. The molecule has 4 heterocycles. The highest BCUT2D eigenvalue weighted by molar-refractivity contribution is 5.29. The Morgan fingerprint density at radius 1 is 1.03 bits per heavy atom. The number of halogens is 1. The van der Waals surface area contributed by atoms with E-state index >= 15 is 0 Å². The molecule has 2 atom stereocenters. The standard InChI is InChI=1S/C24H30FN3O2/c1-30-23-7-4-17(11-21(23)25)12-27-13-18-10-20(16-27)22-6-5-19(24(29)28(22)14-18)15-26-8-2-3-9-26/h4-7,11,18,20H,2-3,8-10,12-16H2,1H3/t18-,20+/m0/s1. The number of nitrogens with zero attached hydrogens (tertiary/aromatic N) is 3. The number of benzene rings is 1. The van der Waals surface area contributed by atoms with Gasteiger partial charge in [0.25, 0.3) is 5.56 Å². The van der Waals surface area contributed by atoms with Crippen LogP contribution in [0.1, 0.15) is 42.0 Å². The maximum absolute atomic E-state index is 14.1. The van der Waals surface area contributed by atoms with Crippen LogP contribution in [0, 0.1) is 11.7 Å². The first kappa shape index (κ1) is 19.8. The summed E-state index contributed by atoms with van der Waals surface area (Å²) in [6.45, 7) is 6.38. The molecule has 1 aromatic heterocycles. The Labute approximate surface area is 177 Å². The monoisotopic (exact) mass is 411 g/mol. The van der Waals surface area contributed by atoms with E-state index in [4.69, 9.17) is 4.74 Å². The fourth-order valence-corrected chi connectivity index (χ4v) is 5.59. The smallest absolute Gasteiger partial charge is 0.255 e. The number of ether oxygens (including phenoxy) is 1. The Balaban J connectivity index is 1.33. The van der Waals surface area contributed by atoms with Crippen LogP contribution in [-0.2, 0) is 19.6 Å². The maximum Gasteiger partial charge on any atom is 0.255 e. The molecule has 3 aliphatic rings. The van der Waals surface area contributed by atoms with Gasteiger partial charge in [-0.3, -0.25) is 14.6 Å². The van der Waals surface area contributed by atoms with Crippen molar-refractivity contribution in [3.8, 4) is 5.75 Å². The number of pyridine rings is 1. The average Bonchev–Trinajstić information content (AvgIpc) is 3.24. The van der Waals surface area contributed by atoms with Gasteiger partial charge in [0.2, 0.25) is 0 Å². The van der Waals surface area contributed by atoms with Gasteiger partial charge in [0.1, 0.15) is 0 Å². The van der Waals surface area contributed by atoms with E-state index in [1.807, 2.05) is 6.07 Å². The van der Waals surface area contributed by atoms with Crippen molar-refractivity contribution in [2.75, 3.05) is 33.3 Å². The highest BCUT2D eigenvalue weighted by Crippen LogP contribution is 2.36. The molecule has 0 radical (unpaired) electrons. The van der Waals surface area contributed by atoms with Crippen molar-refractivity contribution in [2.24, 2.45) is 5.92 Å². The van der Waals surface area contributed by atoms with Crippen molar-refractivity contribution >= 4 is 0 Å². The Hall–Kier alpha value is -2.18. The molecule has 0 N–H and O–H groups in total. The minimum absolute atomic E-state index is 0.208. The predicted molar refractivity (Wildman–Crippen MR) is 114 cm³/mol. The van der Waals surface area contributed by atoms with E-state index in [-0.39, 0.29) is 17.1 Å². The van der Waals surface area contributed by atoms with E-state index in [9.17, 15) is 9.18 Å². The first-order valence-electron chi connectivity index (χ1n) is 11.1. The summed E-state index contributed by atoms with van der Waals surface area (Å²) in [5.41, 5.74) is 3.28. The van der Waals surface area contributed by atoms with Crippen LogP contribution in [0.15, 0.2) is 35.1 Å². The molecule has 5 nitrogen and oxygen atoms in total. The summed E-state index contributed by atoms with van der Waals surface area (Å²) < 4.78 is 21.2. The summed E-state index contributed by atoms with van der Waals surface area (Å²) in [6.07, 6.45) is 3.62. The van der Waals surface area contributed by atoms with E-state index in [1.54, 1.807) is 12.1 Å². The number of aromatic nitrogens is 1. The number of hydrogen-bond donors (Lipinski definition) is 0. The van der Waals surface area contributed by atoms with Gasteiger partial charge in [0.15, 0.2) is 11.6 Å². The number of likely N-dealkylation sites (tertiary alicyclic amines) is 2. The average molecular weight is 412 g/mol. The Kier molecular flexibility index (Phi) is 5.37. The van der Waals surface area contributed by atoms with Crippen LogP contribution < -0.4 is 10.3 Å². The van der Waals surface area contributed by atoms with Crippen molar-refractivity contribution in [1.82, 2.24) is 14.4 Å². The van der Waals surface area contributed by atoms with Crippen LogP contribution in [0.25, 0.3) is 0 Å². The van der Waals surface area contributed by atoms with Gasteiger partial charge in [-0.1, -0.05) is 12.1 Å². The third-order valence-electron chi connectivity index (χ3n) is 6.97. The molecule has 2 fully saturated rings. The van der Waals surface area contributed by atoms with Crippen molar-refractivity contribution in [2.45, 2.75) is 44.8 Å². The summed E-state index contributed by atoms with van der Waals surface area (Å²) in [4.78, 5) is 18.0. The fraction of sp³-hybridized carbons (Fsp3) is 0.542. The molecule has 0 amide bonds. The van der Waals surface area contributed by atoms with Crippen LogP contribution in [0.3, 0.4) is 0 Å². The molecule has 0 saturated carbocycles. The molecular formula is C24H30FN3O2. The van der Waals surface area contributed by atoms with Crippen LogP contribution in [-0.4, -0.2) is 47.7 Å². The number of fused-ring (bicyclic) bond motifs is 4. The van der Waals surface area contributed by atoms with E-state index in [0.717, 1.165) is 63.4 Å². The minimum atomic E-state index is -0.311. The lowest BCUT2D eigenvalue weighted by atomic mass is 9.82. The number of hydrogen-bond acceptors (Lipinski definition) is 4. The summed E-state index contributed by atoms with van der Waals surface area (Å²) in [5.74, 6) is 0.815. The van der Waals surface area contributed by atoms with Crippen LogP contribution in [0.4, 0.5) is 4.39 Å². The van der Waals surface area contributed by atoms with Crippen molar-refractivity contribution in [1.29, 1.82) is 0 Å². The molecule has 2 aromatic rings. The zero-order chi connectivity index (χ0) is 20.7. The van der Waals surface area contributed by atoms with Crippen molar-refractivity contribution < 1.29 is 9.13 Å². The third-order valence-corrected chi connectivity index (χ3v) is 6.97. The molecule has 5 rings (SSSR count). The largest absolute Gasteiger partial charge is 0.494 e. The predicted octanol–water partition coefficient (Wildman–Crippen LogP) is 3.21. The van der Waals surface area contributed by atoms with Gasteiger partial charge < -0.3 is 9.30 Å². The lowest BCUT2D eigenvalue weighted by Gasteiger charge is -2.43. The number of rotatable bonds is 5. The Morgan fingerprint density at radius 3 is 2.63 bits per heavy atom. The molecule has 0 unspecified atom stereocenters. The lowest BCUT2D eigenvalue weighted by molar-refractivity contribution is 0.114. The summed E-state index contributed by atoms with van der Waals surface area (Å²) >= 11 is 0. The number of methoxy groups -OCH3 is 1. The SMILES string of the molecule is COc1ccc(CN2C[C@@H]3C[C@H](C2)c2ccc(CN4CCCC4)c(=O)n2C3)cc1F. The van der Waals surface area contributed by atoms with Gasteiger partial charge in [-0.15, -0.1) is 0 Å². The molecule has 2 saturated heterocycles. The van der Waals surface area contributed by atoms with Gasteiger partial charge >= 0.3 is 0 Å². The fourth-order valence-electron chi connectivity index (χ4n) is 5.59. The summed E-state index contributed by atoms with van der Waals surface area (Å²) in [5, 5.41) is 0. The Bertz CT molecular complexity index is 983. The van der Waals surface area contributed by atoms with E-state index in [1.165, 1.54) is 25.6 Å². The van der Waals surface area contributed by atoms with Gasteiger partial charge in [-0.05, 0) is 62.0 Å². The second-order valence-corrected chi connectivity index (χ2v) is 9.14. The normalized spacial score (nSPS) is 24.1. The highest BCUT2D eigenvalue weighted by atomic mass is 19.1. The molecule has 2 bridgehead atoms. The van der Waals surface area contributed by atoms with E-state index in [2.05, 4.69) is 26.5 Å². The molecule has 160 valence electrons. The van der Waals surface area contributed by atoms with Gasteiger partial charge in [-0.25, -0.2) is 4.39 Å². The quantitative estimate of drug-likeness (QED) is 0.757. The third kappa shape index (κ3) is 3.79. The zero-order valence-electron chi connectivity index (χ0n) is 17.6. The molecule has 1 aromatic carbocycles. The summed E-state index contributed by atoms with van der Waals surface area (Å²) in [7, 11) is 1.49. The molecule has 0 aliphatic carbocycles. The van der Waals surface area contributed by atoms with Gasteiger partial charge in [0, 0.05) is 49.9 Å². The first-order valence-corrected chi connectivity index (χ1v) is 11.1. The van der Waals surface area contributed by atoms with Crippen LogP contribution >= 0.6 is 0 Å². The van der Waals surface area contributed by atoms with E-state index < -0.39 is 0 Å². The summed E-state index contributed by atoms with van der Waals surface area (Å²) in [6, 6.07) is 9.46. The Morgan fingerprint density at radius 2 is 1.87 bits per heavy atom. The zero-order valence-corrected chi connectivity index (χ0v) is 17.6. The van der Waals surface area contributed by atoms with Crippen LogP contribution in [0.5, 0.6) is 5.75 Å². The van der Waals surface area contributed by atoms with Crippen molar-refractivity contribution in [3.63, 3.8) is 0 Å². The molecule has 6 heteroatoms. The molecule has 30 heavy (non-hydrogen) atoms. The van der Waals surface area contributed by atoms with Gasteiger partial charge in [-0.2, -0.15) is 0 Å². The highest BCUT2D eigenvalue weighted by Gasteiger charge is 2.35. The maximum atomic E-state index is 14.1. The molecular weight excluding hydrogens is 381 g/mol. The second-order valence-electron chi connectivity index (χ2n) is 9.14. The second kappa shape index (κ2) is 8.16. The van der Waals surface area contributed by atoms with Crippen LogP contribution in [0.2, 0.25) is 0 Å². The number of piperidine rings is 1. The van der Waals surface area contributed by atoms with E-state index in [0.29, 0.717) is 11.8 Å². The van der Waals surface area contributed by atoms with Gasteiger partial charge in [0.05, 0.1) is 7.11 Å². The first-order chi connectivity index (χ1) is 14.6. The lowest BCUT2D eigenvalue weighted by Crippen LogP contribution is -2.47.